The molecular formula is C15H14F2N4. The van der Waals surface area contributed by atoms with E-state index in [0.29, 0.717) is 17.8 Å². The predicted octanol–water partition coefficient (Wildman–Crippen LogP) is 3.72. The molecular weight excluding hydrogens is 274 g/mol. The monoisotopic (exact) mass is 288 g/mol. The average Bonchev–Trinajstić information content (AvgIpc) is 2.46. The highest BCUT2D eigenvalue weighted by molar-refractivity contribution is 5.64. The number of nitrogens with one attached hydrogen (secondary N) is 2. The molecule has 0 amide bonds. The number of aryl methyl sites for hydroxylation is 1. The highest BCUT2D eigenvalue weighted by atomic mass is 19.1. The van der Waals surface area contributed by atoms with E-state index in [9.17, 15) is 8.78 Å². The van der Waals surface area contributed by atoms with Crippen molar-refractivity contribution in [3.63, 3.8) is 0 Å². The zero-order chi connectivity index (χ0) is 15.4. The molecule has 108 valence electrons. The fraction of sp³-hybridized carbons (Fsp3) is 0.200. The number of aromatic nitrogens is 1. The van der Waals surface area contributed by atoms with Crippen molar-refractivity contribution in [3.05, 3.63) is 47.0 Å². The molecule has 4 nitrogen and oxygen atoms in total. The molecule has 0 aliphatic heterocycles. The number of anilines is 3. The maximum absolute atomic E-state index is 13.8. The van der Waals surface area contributed by atoms with Crippen molar-refractivity contribution >= 4 is 17.3 Å². The van der Waals surface area contributed by atoms with Crippen LogP contribution in [0.4, 0.5) is 26.1 Å². The highest BCUT2D eigenvalue weighted by Gasteiger charge is 2.12. The topological polar surface area (TPSA) is 60.7 Å². The summed E-state index contributed by atoms with van der Waals surface area (Å²) in [6, 6.07) is 7.78. The first kappa shape index (κ1) is 14.7. The van der Waals surface area contributed by atoms with Gasteiger partial charge in [0.05, 0.1) is 11.6 Å². The molecule has 2 N–H and O–H groups in total. The van der Waals surface area contributed by atoms with Crippen molar-refractivity contribution in [2.24, 2.45) is 0 Å². The van der Waals surface area contributed by atoms with Crippen LogP contribution in [0.2, 0.25) is 0 Å². The van der Waals surface area contributed by atoms with E-state index in [1.807, 2.05) is 13.0 Å². The summed E-state index contributed by atoms with van der Waals surface area (Å²) < 4.78 is 27.3. The third-order valence-corrected chi connectivity index (χ3v) is 2.89. The first-order chi connectivity index (χ1) is 10.0. The van der Waals surface area contributed by atoms with Crippen molar-refractivity contribution < 1.29 is 8.78 Å². The molecule has 0 saturated heterocycles. The Morgan fingerprint density at radius 2 is 1.90 bits per heavy atom. The Morgan fingerprint density at radius 3 is 2.57 bits per heavy atom. The van der Waals surface area contributed by atoms with Gasteiger partial charge in [0.25, 0.3) is 0 Å². The molecule has 0 fully saturated rings. The summed E-state index contributed by atoms with van der Waals surface area (Å²) in [5.74, 6) is -1.65. The van der Waals surface area contributed by atoms with Crippen molar-refractivity contribution in [1.82, 2.24) is 4.98 Å². The summed E-state index contributed by atoms with van der Waals surface area (Å²) in [5.41, 5.74) is 1.82. The zero-order valence-electron chi connectivity index (χ0n) is 11.7. The smallest absolute Gasteiger partial charge is 0.169 e. The maximum Gasteiger partial charge on any atom is 0.169 e. The van der Waals surface area contributed by atoms with Gasteiger partial charge in [0.1, 0.15) is 0 Å². The minimum absolute atomic E-state index is 0.0181. The summed E-state index contributed by atoms with van der Waals surface area (Å²) in [6.07, 6.45) is 0. The molecule has 1 aromatic carbocycles. The van der Waals surface area contributed by atoms with Gasteiger partial charge in [-0.25, -0.2) is 13.8 Å². The van der Waals surface area contributed by atoms with Crippen molar-refractivity contribution in [2.75, 3.05) is 17.2 Å². The van der Waals surface area contributed by atoms with Crippen LogP contribution in [0.5, 0.6) is 0 Å². The van der Waals surface area contributed by atoms with Gasteiger partial charge in [-0.15, -0.1) is 0 Å². The van der Waals surface area contributed by atoms with Crippen LogP contribution in [0.1, 0.15) is 18.1 Å². The third-order valence-electron chi connectivity index (χ3n) is 2.89. The Hall–Kier alpha value is -2.68. The van der Waals surface area contributed by atoms with Crippen LogP contribution >= 0.6 is 0 Å². The van der Waals surface area contributed by atoms with Crippen LogP contribution in [0.3, 0.4) is 0 Å². The van der Waals surface area contributed by atoms with E-state index in [4.69, 9.17) is 5.26 Å². The van der Waals surface area contributed by atoms with E-state index in [-0.39, 0.29) is 11.6 Å². The second-order valence-corrected chi connectivity index (χ2v) is 4.45. The summed E-state index contributed by atoms with van der Waals surface area (Å²) in [4.78, 5) is 3.90. The Bertz CT molecular complexity index is 708. The van der Waals surface area contributed by atoms with Crippen LogP contribution in [-0.4, -0.2) is 11.5 Å². The van der Waals surface area contributed by atoms with Crippen molar-refractivity contribution in [2.45, 2.75) is 13.8 Å². The predicted molar refractivity (Wildman–Crippen MR) is 77.5 cm³/mol. The van der Waals surface area contributed by atoms with Crippen molar-refractivity contribution in [1.29, 1.82) is 5.26 Å². The van der Waals surface area contributed by atoms with Crippen LogP contribution in [0.25, 0.3) is 0 Å². The molecule has 6 heteroatoms. The number of halogens is 2. The molecule has 0 aliphatic rings. The molecule has 0 spiro atoms. The van der Waals surface area contributed by atoms with Gasteiger partial charge in [-0.3, -0.25) is 0 Å². The third kappa shape index (κ3) is 3.26. The van der Waals surface area contributed by atoms with E-state index >= 15 is 0 Å². The average molecular weight is 288 g/mol. The number of hydrogen-bond donors (Lipinski definition) is 2. The fourth-order valence-corrected chi connectivity index (χ4v) is 1.80. The summed E-state index contributed by atoms with van der Waals surface area (Å²) in [6.45, 7) is 4.08. The van der Waals surface area contributed by atoms with Gasteiger partial charge in [-0.05, 0) is 31.5 Å². The maximum atomic E-state index is 13.8. The van der Waals surface area contributed by atoms with Crippen LogP contribution in [0, 0.1) is 29.9 Å². The second kappa shape index (κ2) is 6.18. The first-order valence-corrected chi connectivity index (χ1v) is 6.42. The van der Waals surface area contributed by atoms with Crippen molar-refractivity contribution in [3.8, 4) is 6.07 Å². The molecule has 1 aromatic heterocycles. The van der Waals surface area contributed by atoms with E-state index < -0.39 is 11.6 Å². The number of nitrogens with zero attached hydrogens (tertiary/aromatic N) is 2. The lowest BCUT2D eigenvalue weighted by molar-refractivity contribution is 0.579. The van der Waals surface area contributed by atoms with Gasteiger partial charge in [-0.1, -0.05) is 6.07 Å². The molecule has 0 aliphatic carbocycles. The first-order valence-electron chi connectivity index (χ1n) is 6.42. The van der Waals surface area contributed by atoms with Gasteiger partial charge in [0.2, 0.25) is 0 Å². The van der Waals surface area contributed by atoms with Crippen LogP contribution < -0.4 is 10.6 Å². The number of rotatable bonds is 4. The number of hydrogen-bond acceptors (Lipinski definition) is 4. The fourth-order valence-electron chi connectivity index (χ4n) is 1.80. The Kier molecular flexibility index (Phi) is 4.33. The molecule has 2 rings (SSSR count). The lowest BCUT2D eigenvalue weighted by Crippen LogP contribution is -2.07. The quantitative estimate of drug-likeness (QED) is 0.900. The molecule has 0 atom stereocenters. The van der Waals surface area contributed by atoms with E-state index in [2.05, 4.69) is 15.6 Å². The van der Waals surface area contributed by atoms with Crippen LogP contribution in [-0.2, 0) is 0 Å². The minimum Gasteiger partial charge on any atom is -0.368 e. The number of pyridine rings is 1. The van der Waals surface area contributed by atoms with E-state index in [0.717, 1.165) is 11.6 Å². The lowest BCUT2D eigenvalue weighted by atomic mass is 10.1. The second-order valence-electron chi connectivity index (χ2n) is 4.45. The molecule has 1 heterocycles. The normalized spacial score (nSPS) is 10.0. The van der Waals surface area contributed by atoms with Gasteiger partial charge >= 0.3 is 0 Å². The molecule has 2 aromatic rings. The minimum atomic E-state index is -0.795. The standard InChI is InChI=1S/C15H14F2N4/c1-3-19-14-11(16)7-12(17)15(21-14)20-13-6-10(8-18)5-4-9(13)2/h4-7H,3H2,1-2H3,(H2,19,20,21). The Morgan fingerprint density at radius 1 is 1.19 bits per heavy atom. The highest BCUT2D eigenvalue weighted by Crippen LogP contribution is 2.25. The number of nitriles is 1. The molecule has 0 bridgehead atoms. The van der Waals surface area contributed by atoms with Gasteiger partial charge in [0, 0.05) is 18.3 Å². The van der Waals surface area contributed by atoms with E-state index in [1.54, 1.807) is 25.1 Å². The lowest BCUT2D eigenvalue weighted by Gasteiger charge is -2.12. The van der Waals surface area contributed by atoms with Gasteiger partial charge < -0.3 is 10.6 Å². The number of benzene rings is 1. The molecule has 0 radical (unpaired) electrons. The summed E-state index contributed by atoms with van der Waals surface area (Å²) in [5, 5.41) is 14.4. The SMILES string of the molecule is CCNc1nc(Nc2cc(C#N)ccc2C)c(F)cc1F. The summed E-state index contributed by atoms with van der Waals surface area (Å²) >= 11 is 0. The van der Waals surface area contributed by atoms with Crippen LogP contribution in [0.15, 0.2) is 24.3 Å². The van der Waals surface area contributed by atoms with Gasteiger partial charge in [-0.2, -0.15) is 5.26 Å². The molecule has 21 heavy (non-hydrogen) atoms. The largest absolute Gasteiger partial charge is 0.368 e. The zero-order valence-corrected chi connectivity index (χ0v) is 11.7. The molecule has 0 unspecified atom stereocenters. The summed E-state index contributed by atoms with van der Waals surface area (Å²) in [7, 11) is 0. The van der Waals surface area contributed by atoms with E-state index in [1.165, 1.54) is 0 Å². The Labute approximate surface area is 121 Å². The van der Waals surface area contributed by atoms with Gasteiger partial charge in [0.15, 0.2) is 23.3 Å². The Balaban J connectivity index is 2.39. The molecule has 0 saturated carbocycles.